The molecule has 5 rings (SSSR count). The van der Waals surface area contributed by atoms with E-state index in [9.17, 15) is 9.90 Å². The van der Waals surface area contributed by atoms with Gasteiger partial charge in [0.05, 0.1) is 6.61 Å². The number of carbonyl (C=O) groups is 1. The van der Waals surface area contributed by atoms with Crippen LogP contribution in [-0.2, 0) is 16.8 Å². The van der Waals surface area contributed by atoms with Crippen LogP contribution in [0.25, 0.3) is 0 Å². The van der Waals surface area contributed by atoms with Crippen LogP contribution in [0.3, 0.4) is 0 Å². The van der Waals surface area contributed by atoms with Gasteiger partial charge in [-0.3, -0.25) is 0 Å². The van der Waals surface area contributed by atoms with Crippen LogP contribution in [0, 0.1) is 17.8 Å². The van der Waals surface area contributed by atoms with Gasteiger partial charge in [0.25, 0.3) is 0 Å². The van der Waals surface area contributed by atoms with Crippen LogP contribution in [0.15, 0.2) is 4.42 Å². The van der Waals surface area contributed by atoms with E-state index < -0.39 is 5.97 Å². The van der Waals surface area contributed by atoms with Gasteiger partial charge in [0.1, 0.15) is 5.69 Å². The third kappa shape index (κ3) is 2.01. The first kappa shape index (κ1) is 13.3. The Morgan fingerprint density at radius 3 is 2.33 bits per heavy atom. The van der Waals surface area contributed by atoms with Crippen molar-refractivity contribution in [3.8, 4) is 0 Å². The Balaban J connectivity index is 1.73. The summed E-state index contributed by atoms with van der Waals surface area (Å²) in [5.74, 6) is 1.91. The molecule has 5 heteroatoms. The van der Waals surface area contributed by atoms with Crippen LogP contribution in [0.4, 0.5) is 0 Å². The van der Waals surface area contributed by atoms with Crippen LogP contribution in [0.1, 0.15) is 60.7 Å². The Kier molecular flexibility index (Phi) is 2.89. The minimum atomic E-state index is -1.05. The van der Waals surface area contributed by atoms with E-state index in [1.165, 1.54) is 19.3 Å². The van der Waals surface area contributed by atoms with Gasteiger partial charge in [-0.2, -0.15) is 0 Å². The molecule has 0 saturated heterocycles. The van der Waals surface area contributed by atoms with E-state index in [0.29, 0.717) is 11.6 Å². The predicted molar refractivity (Wildman–Crippen MR) is 74.0 cm³/mol. The van der Waals surface area contributed by atoms with Crippen LogP contribution < -0.4 is 0 Å². The van der Waals surface area contributed by atoms with E-state index in [-0.39, 0.29) is 17.8 Å². The van der Waals surface area contributed by atoms with Crippen molar-refractivity contribution in [2.24, 2.45) is 17.8 Å². The highest BCUT2D eigenvalue weighted by Gasteiger charge is 2.54. The summed E-state index contributed by atoms with van der Waals surface area (Å²) in [6.45, 7) is 0.192. The molecule has 0 unspecified atom stereocenters. The van der Waals surface area contributed by atoms with E-state index in [1.807, 2.05) is 0 Å². The van der Waals surface area contributed by atoms with Crippen molar-refractivity contribution in [2.45, 2.75) is 50.5 Å². The number of nitrogens with zero attached hydrogens (tertiary/aromatic N) is 1. The number of aromatic nitrogens is 1. The normalized spacial score (nSPS) is 37.1. The molecule has 21 heavy (non-hydrogen) atoms. The molecule has 1 heterocycles. The van der Waals surface area contributed by atoms with Gasteiger partial charge in [-0.15, -0.1) is 0 Å². The molecule has 1 N–H and O–H groups in total. The molecule has 4 aliphatic rings. The van der Waals surface area contributed by atoms with Crippen molar-refractivity contribution in [1.82, 2.24) is 4.98 Å². The Morgan fingerprint density at radius 1 is 1.29 bits per heavy atom. The molecule has 0 atom stereocenters. The number of rotatable bonds is 4. The van der Waals surface area contributed by atoms with Crippen molar-refractivity contribution < 1.29 is 19.1 Å². The molecule has 0 aromatic carbocycles. The van der Waals surface area contributed by atoms with E-state index in [0.717, 1.165) is 37.0 Å². The maximum absolute atomic E-state index is 11.3. The molecule has 4 fully saturated rings. The van der Waals surface area contributed by atoms with Crippen LogP contribution in [-0.4, -0.2) is 23.2 Å². The third-order valence-corrected chi connectivity index (χ3v) is 5.66. The number of ether oxygens (including phenoxy) is 1. The van der Waals surface area contributed by atoms with Gasteiger partial charge in [-0.05, 0) is 56.3 Å². The molecule has 0 amide bonds. The first-order valence-electron chi connectivity index (χ1n) is 7.82. The van der Waals surface area contributed by atoms with Gasteiger partial charge < -0.3 is 14.3 Å². The lowest BCUT2D eigenvalue weighted by atomic mass is 9.49. The summed E-state index contributed by atoms with van der Waals surface area (Å²) in [5.41, 5.74) is 0.418. The fourth-order valence-corrected chi connectivity index (χ4v) is 5.35. The Labute approximate surface area is 123 Å². The molecule has 1 aromatic rings. The van der Waals surface area contributed by atoms with E-state index in [2.05, 4.69) is 4.98 Å². The average Bonchev–Trinajstić information content (AvgIpc) is 2.82. The molecule has 0 spiro atoms. The van der Waals surface area contributed by atoms with E-state index >= 15 is 0 Å². The highest BCUT2D eigenvalue weighted by atomic mass is 16.5. The van der Waals surface area contributed by atoms with Crippen molar-refractivity contribution >= 4 is 5.97 Å². The van der Waals surface area contributed by atoms with Gasteiger partial charge in [-0.25, -0.2) is 9.78 Å². The smallest absolute Gasteiger partial charge is 0.373 e. The first-order chi connectivity index (χ1) is 10.1. The molecule has 5 nitrogen and oxygen atoms in total. The van der Waals surface area contributed by atoms with Gasteiger partial charge in [0.15, 0.2) is 0 Å². The summed E-state index contributed by atoms with van der Waals surface area (Å²) in [4.78, 5) is 15.9. The van der Waals surface area contributed by atoms with Crippen molar-refractivity contribution in [3.63, 3.8) is 0 Å². The summed E-state index contributed by atoms with van der Waals surface area (Å²) in [6.07, 6.45) is 7.38. The van der Waals surface area contributed by atoms with Crippen LogP contribution in [0.5, 0.6) is 0 Å². The fraction of sp³-hybridized carbons (Fsp3) is 0.750. The monoisotopic (exact) mass is 291 g/mol. The quantitative estimate of drug-likeness (QED) is 0.923. The summed E-state index contributed by atoms with van der Waals surface area (Å²) in [5, 5.41) is 9.30. The number of aromatic carboxylic acids is 1. The lowest BCUT2D eigenvalue weighted by Crippen LogP contribution is -2.48. The maximum atomic E-state index is 11.3. The van der Waals surface area contributed by atoms with E-state index in [4.69, 9.17) is 9.15 Å². The SMILES string of the molecule is COCc1nc(C23CC4CC(CC(C4)C2)C3)oc1C(=O)O. The zero-order chi connectivity index (χ0) is 14.6. The molecular formula is C16H21NO4. The highest BCUT2D eigenvalue weighted by Crippen LogP contribution is 2.60. The lowest BCUT2D eigenvalue weighted by molar-refractivity contribution is -0.0182. The fourth-order valence-electron chi connectivity index (χ4n) is 5.35. The number of methoxy groups -OCH3 is 1. The Hall–Kier alpha value is -1.36. The molecular weight excluding hydrogens is 270 g/mol. The number of carboxylic acid groups (broad SMARTS) is 1. The van der Waals surface area contributed by atoms with E-state index in [1.54, 1.807) is 7.11 Å². The number of oxazole rings is 1. The van der Waals surface area contributed by atoms with Crippen molar-refractivity contribution in [2.75, 3.05) is 7.11 Å². The molecule has 1 aromatic heterocycles. The Bertz CT molecular complexity index is 542. The highest BCUT2D eigenvalue weighted by molar-refractivity contribution is 5.85. The zero-order valence-electron chi connectivity index (χ0n) is 12.3. The summed E-state index contributed by atoms with van der Waals surface area (Å²) in [6, 6.07) is 0. The minimum Gasteiger partial charge on any atom is -0.475 e. The molecule has 4 saturated carbocycles. The van der Waals surface area contributed by atoms with Crippen LogP contribution in [0.2, 0.25) is 0 Å². The summed E-state index contributed by atoms with van der Waals surface area (Å²) in [7, 11) is 1.55. The largest absolute Gasteiger partial charge is 0.475 e. The van der Waals surface area contributed by atoms with Crippen molar-refractivity contribution in [1.29, 1.82) is 0 Å². The number of carboxylic acids is 1. The average molecular weight is 291 g/mol. The topological polar surface area (TPSA) is 72.6 Å². The molecule has 4 aliphatic carbocycles. The Morgan fingerprint density at radius 2 is 1.86 bits per heavy atom. The maximum Gasteiger partial charge on any atom is 0.373 e. The van der Waals surface area contributed by atoms with Gasteiger partial charge in [0, 0.05) is 12.5 Å². The third-order valence-electron chi connectivity index (χ3n) is 5.66. The second-order valence-electron chi connectivity index (χ2n) is 7.23. The standard InChI is InChI=1S/C16H21NO4/c1-20-8-12-13(14(18)19)21-15(17-12)16-5-9-2-10(6-16)4-11(3-9)7-16/h9-11H,2-8H2,1H3,(H,18,19). The van der Waals surface area contributed by atoms with Crippen molar-refractivity contribution in [3.05, 3.63) is 17.3 Å². The predicted octanol–water partition coefficient (Wildman–Crippen LogP) is 2.99. The van der Waals surface area contributed by atoms with Gasteiger partial charge >= 0.3 is 5.97 Å². The minimum absolute atomic E-state index is 0.00899. The van der Waals surface area contributed by atoms with Crippen LogP contribution >= 0.6 is 0 Å². The number of hydrogen-bond acceptors (Lipinski definition) is 4. The zero-order valence-corrected chi connectivity index (χ0v) is 12.3. The van der Waals surface area contributed by atoms with Gasteiger partial charge in [0.2, 0.25) is 11.7 Å². The molecule has 0 radical (unpaired) electrons. The molecule has 4 bridgehead atoms. The summed E-state index contributed by atoms with van der Waals surface area (Å²) >= 11 is 0. The summed E-state index contributed by atoms with van der Waals surface area (Å²) < 4.78 is 10.8. The first-order valence-corrected chi connectivity index (χ1v) is 7.82. The number of hydrogen-bond donors (Lipinski definition) is 1. The second kappa shape index (κ2) is 4.57. The molecule has 114 valence electrons. The lowest BCUT2D eigenvalue weighted by Gasteiger charge is -2.55. The van der Waals surface area contributed by atoms with Gasteiger partial charge in [-0.1, -0.05) is 0 Å². The second-order valence-corrected chi connectivity index (χ2v) is 7.23. The molecule has 0 aliphatic heterocycles.